The summed E-state index contributed by atoms with van der Waals surface area (Å²) in [6, 6.07) is 8.02. The molecule has 0 aliphatic heterocycles. The standard InChI is InChI=1S/C11H16O2/c1-9-4-6-11(7-5-9)13-10(2)8-12-3/h4-7,10H,8H2,1-3H3/t10-/m1/s1. The monoisotopic (exact) mass is 180 g/mol. The van der Waals surface area contributed by atoms with Crippen molar-refractivity contribution in [2.24, 2.45) is 0 Å². The Morgan fingerprint density at radius 1 is 1.23 bits per heavy atom. The van der Waals surface area contributed by atoms with Crippen LogP contribution in [0.5, 0.6) is 5.75 Å². The molecule has 72 valence electrons. The molecule has 1 rings (SSSR count). The van der Waals surface area contributed by atoms with Gasteiger partial charge in [-0.15, -0.1) is 0 Å². The van der Waals surface area contributed by atoms with E-state index in [0.29, 0.717) is 6.61 Å². The molecule has 0 saturated carbocycles. The van der Waals surface area contributed by atoms with Gasteiger partial charge in [0.15, 0.2) is 0 Å². The van der Waals surface area contributed by atoms with Gasteiger partial charge in [0.1, 0.15) is 11.9 Å². The number of hydrogen-bond acceptors (Lipinski definition) is 2. The molecule has 0 N–H and O–H groups in total. The number of hydrogen-bond donors (Lipinski definition) is 0. The van der Waals surface area contributed by atoms with Gasteiger partial charge in [0.05, 0.1) is 6.61 Å². The zero-order chi connectivity index (χ0) is 9.68. The number of rotatable bonds is 4. The van der Waals surface area contributed by atoms with Crippen LogP contribution in [0.1, 0.15) is 12.5 Å². The molecule has 1 atom stereocenters. The molecule has 0 fully saturated rings. The van der Waals surface area contributed by atoms with Gasteiger partial charge >= 0.3 is 0 Å². The zero-order valence-electron chi connectivity index (χ0n) is 8.41. The van der Waals surface area contributed by atoms with Gasteiger partial charge in [0, 0.05) is 7.11 Å². The van der Waals surface area contributed by atoms with Crippen LogP contribution in [0, 0.1) is 6.92 Å². The van der Waals surface area contributed by atoms with E-state index in [-0.39, 0.29) is 6.10 Å². The van der Waals surface area contributed by atoms with Gasteiger partial charge in [-0.25, -0.2) is 0 Å². The van der Waals surface area contributed by atoms with Crippen molar-refractivity contribution >= 4 is 0 Å². The maximum Gasteiger partial charge on any atom is 0.119 e. The summed E-state index contributed by atoms with van der Waals surface area (Å²) in [5, 5.41) is 0. The van der Waals surface area contributed by atoms with E-state index in [9.17, 15) is 0 Å². The van der Waals surface area contributed by atoms with Gasteiger partial charge < -0.3 is 9.47 Å². The Hall–Kier alpha value is -1.02. The van der Waals surface area contributed by atoms with Crippen LogP contribution in [0.2, 0.25) is 0 Å². The largest absolute Gasteiger partial charge is 0.488 e. The Labute approximate surface area is 79.5 Å². The molecule has 0 aliphatic rings. The quantitative estimate of drug-likeness (QED) is 0.708. The highest BCUT2D eigenvalue weighted by Crippen LogP contribution is 2.13. The third kappa shape index (κ3) is 3.47. The van der Waals surface area contributed by atoms with E-state index >= 15 is 0 Å². The van der Waals surface area contributed by atoms with Crippen molar-refractivity contribution in [1.82, 2.24) is 0 Å². The lowest BCUT2D eigenvalue weighted by Crippen LogP contribution is -2.17. The van der Waals surface area contributed by atoms with Gasteiger partial charge in [0.2, 0.25) is 0 Å². The van der Waals surface area contributed by atoms with Crippen LogP contribution in [-0.4, -0.2) is 19.8 Å². The maximum absolute atomic E-state index is 5.58. The van der Waals surface area contributed by atoms with Crippen LogP contribution in [0.15, 0.2) is 24.3 Å². The molecule has 0 radical (unpaired) electrons. The Balaban J connectivity index is 2.49. The fraction of sp³-hybridized carbons (Fsp3) is 0.455. The van der Waals surface area contributed by atoms with E-state index in [1.54, 1.807) is 7.11 Å². The van der Waals surface area contributed by atoms with Crippen molar-refractivity contribution in [2.75, 3.05) is 13.7 Å². The molecule has 0 heterocycles. The summed E-state index contributed by atoms with van der Waals surface area (Å²) in [5.41, 5.74) is 1.24. The first kappa shape index (κ1) is 10.1. The van der Waals surface area contributed by atoms with E-state index in [1.807, 2.05) is 31.2 Å². The molecular formula is C11H16O2. The first-order chi connectivity index (χ1) is 6.22. The maximum atomic E-state index is 5.58. The minimum absolute atomic E-state index is 0.104. The van der Waals surface area contributed by atoms with Gasteiger partial charge in [-0.2, -0.15) is 0 Å². The molecule has 0 spiro atoms. The van der Waals surface area contributed by atoms with E-state index < -0.39 is 0 Å². The molecule has 0 aliphatic carbocycles. The third-order valence-corrected chi connectivity index (χ3v) is 1.76. The van der Waals surface area contributed by atoms with Crippen LogP contribution in [0.4, 0.5) is 0 Å². The molecule has 0 saturated heterocycles. The second kappa shape index (κ2) is 4.87. The highest BCUT2D eigenvalue weighted by atomic mass is 16.5. The predicted molar refractivity (Wildman–Crippen MR) is 53.1 cm³/mol. The van der Waals surface area contributed by atoms with E-state index in [0.717, 1.165) is 5.75 Å². The summed E-state index contributed by atoms with van der Waals surface area (Å²) < 4.78 is 10.6. The summed E-state index contributed by atoms with van der Waals surface area (Å²) in [4.78, 5) is 0. The average Bonchev–Trinajstić information content (AvgIpc) is 2.09. The second-order valence-corrected chi connectivity index (χ2v) is 3.20. The predicted octanol–water partition coefficient (Wildman–Crippen LogP) is 2.41. The molecule has 0 unspecified atom stereocenters. The minimum atomic E-state index is 0.104. The summed E-state index contributed by atoms with van der Waals surface area (Å²) >= 11 is 0. The van der Waals surface area contributed by atoms with Gasteiger partial charge in [-0.05, 0) is 26.0 Å². The SMILES string of the molecule is COC[C@@H](C)Oc1ccc(C)cc1. The number of methoxy groups -OCH3 is 1. The van der Waals surface area contributed by atoms with Crippen molar-refractivity contribution in [2.45, 2.75) is 20.0 Å². The summed E-state index contributed by atoms with van der Waals surface area (Å²) in [6.45, 7) is 4.67. The molecule has 0 aromatic heterocycles. The Bertz CT molecular complexity index is 241. The van der Waals surface area contributed by atoms with Gasteiger partial charge in [-0.1, -0.05) is 17.7 Å². The molecule has 2 nitrogen and oxygen atoms in total. The first-order valence-electron chi connectivity index (χ1n) is 4.44. The van der Waals surface area contributed by atoms with Crippen LogP contribution >= 0.6 is 0 Å². The first-order valence-corrected chi connectivity index (χ1v) is 4.44. The summed E-state index contributed by atoms with van der Waals surface area (Å²) in [7, 11) is 1.68. The highest BCUT2D eigenvalue weighted by Gasteiger charge is 2.01. The average molecular weight is 180 g/mol. The van der Waals surface area contributed by atoms with Crippen LogP contribution < -0.4 is 4.74 Å². The summed E-state index contributed by atoms with van der Waals surface area (Å²) in [6.07, 6.45) is 0.104. The number of ether oxygens (including phenoxy) is 2. The van der Waals surface area contributed by atoms with Crippen molar-refractivity contribution in [3.05, 3.63) is 29.8 Å². The molecule has 0 amide bonds. The third-order valence-electron chi connectivity index (χ3n) is 1.76. The smallest absolute Gasteiger partial charge is 0.119 e. The zero-order valence-corrected chi connectivity index (χ0v) is 8.41. The normalized spacial score (nSPS) is 12.5. The highest BCUT2D eigenvalue weighted by molar-refractivity contribution is 5.26. The molecule has 13 heavy (non-hydrogen) atoms. The Kier molecular flexibility index (Phi) is 3.77. The summed E-state index contributed by atoms with van der Waals surface area (Å²) in [5.74, 6) is 0.898. The topological polar surface area (TPSA) is 18.5 Å². The van der Waals surface area contributed by atoms with E-state index in [4.69, 9.17) is 9.47 Å². The Morgan fingerprint density at radius 2 is 1.85 bits per heavy atom. The van der Waals surface area contributed by atoms with Crippen molar-refractivity contribution in [3.63, 3.8) is 0 Å². The number of aryl methyl sites for hydroxylation is 1. The fourth-order valence-corrected chi connectivity index (χ4v) is 1.12. The lowest BCUT2D eigenvalue weighted by Gasteiger charge is -2.13. The Morgan fingerprint density at radius 3 is 2.38 bits per heavy atom. The van der Waals surface area contributed by atoms with E-state index in [1.165, 1.54) is 5.56 Å². The molecule has 2 heteroatoms. The minimum Gasteiger partial charge on any atom is -0.488 e. The van der Waals surface area contributed by atoms with Crippen molar-refractivity contribution < 1.29 is 9.47 Å². The van der Waals surface area contributed by atoms with Crippen molar-refractivity contribution in [3.8, 4) is 5.75 Å². The second-order valence-electron chi connectivity index (χ2n) is 3.20. The lowest BCUT2D eigenvalue weighted by atomic mass is 10.2. The molecule has 0 bridgehead atoms. The van der Waals surface area contributed by atoms with Gasteiger partial charge in [-0.3, -0.25) is 0 Å². The van der Waals surface area contributed by atoms with E-state index in [2.05, 4.69) is 6.92 Å². The molecular weight excluding hydrogens is 164 g/mol. The lowest BCUT2D eigenvalue weighted by molar-refractivity contribution is 0.0921. The van der Waals surface area contributed by atoms with Crippen LogP contribution in [-0.2, 0) is 4.74 Å². The molecule has 1 aromatic rings. The van der Waals surface area contributed by atoms with Crippen LogP contribution in [0.25, 0.3) is 0 Å². The molecule has 1 aromatic carbocycles. The van der Waals surface area contributed by atoms with Crippen molar-refractivity contribution in [1.29, 1.82) is 0 Å². The van der Waals surface area contributed by atoms with Crippen LogP contribution in [0.3, 0.4) is 0 Å². The van der Waals surface area contributed by atoms with Gasteiger partial charge in [0.25, 0.3) is 0 Å². The number of benzene rings is 1. The fourth-order valence-electron chi connectivity index (χ4n) is 1.12.